The molecule has 0 amide bonds. The zero-order valence-electron chi connectivity index (χ0n) is 10.2. The van der Waals surface area contributed by atoms with E-state index < -0.39 is 4.92 Å². The van der Waals surface area contributed by atoms with Gasteiger partial charge < -0.3 is 10.2 Å². The Labute approximate surface area is 123 Å². The Balaban J connectivity index is 2.21. The van der Waals surface area contributed by atoms with Gasteiger partial charge in [-0.1, -0.05) is 28.1 Å². The van der Waals surface area contributed by atoms with Crippen LogP contribution in [0.1, 0.15) is 5.56 Å². The molecule has 0 saturated heterocycles. The van der Waals surface area contributed by atoms with Gasteiger partial charge in [0.2, 0.25) is 0 Å². The number of nitro groups is 1. The molecule has 20 heavy (non-hydrogen) atoms. The smallest absolute Gasteiger partial charge is 0.331 e. The van der Waals surface area contributed by atoms with Gasteiger partial charge in [0.25, 0.3) is 5.88 Å². The average Bonchev–Trinajstić information content (AvgIpc) is 2.44. The molecule has 3 N–H and O–H groups in total. The van der Waals surface area contributed by atoms with Crippen LogP contribution in [0.5, 0.6) is 5.88 Å². The molecular formula is C12H11BrN4O3. The van der Waals surface area contributed by atoms with Crippen LogP contribution >= 0.6 is 15.9 Å². The van der Waals surface area contributed by atoms with Crippen molar-refractivity contribution in [3.8, 4) is 5.88 Å². The first-order valence-electron chi connectivity index (χ1n) is 5.59. The number of nitrogens with zero attached hydrogens (tertiary/aromatic N) is 2. The Morgan fingerprint density at radius 2 is 2.20 bits per heavy atom. The van der Waals surface area contributed by atoms with Crippen molar-refractivity contribution >= 4 is 27.4 Å². The van der Waals surface area contributed by atoms with Crippen LogP contribution in [-0.2, 0) is 6.61 Å². The molecule has 8 heteroatoms. The van der Waals surface area contributed by atoms with E-state index in [-0.39, 0.29) is 18.2 Å². The third-order valence-electron chi connectivity index (χ3n) is 2.45. The van der Waals surface area contributed by atoms with Crippen molar-refractivity contribution in [3.05, 3.63) is 56.5 Å². The number of halogens is 1. The minimum Gasteiger partial charge on any atom is -0.468 e. The van der Waals surface area contributed by atoms with Crippen LogP contribution in [0.25, 0.3) is 0 Å². The van der Waals surface area contributed by atoms with E-state index in [2.05, 4.69) is 26.3 Å². The number of nitrogens with two attached hydrogens (primary N) is 1. The van der Waals surface area contributed by atoms with Crippen molar-refractivity contribution < 1.29 is 9.66 Å². The number of hydrogen-bond acceptors (Lipinski definition) is 6. The Bertz CT molecular complexity index is 636. The Kier molecular flexibility index (Phi) is 4.49. The highest BCUT2D eigenvalue weighted by molar-refractivity contribution is 9.10. The van der Waals surface area contributed by atoms with Crippen molar-refractivity contribution in [2.24, 2.45) is 5.84 Å². The summed E-state index contributed by atoms with van der Waals surface area (Å²) < 4.78 is 6.31. The van der Waals surface area contributed by atoms with Crippen LogP contribution in [0.4, 0.5) is 11.5 Å². The number of pyridine rings is 1. The third-order valence-corrected chi connectivity index (χ3v) is 2.94. The van der Waals surface area contributed by atoms with Crippen molar-refractivity contribution in [1.29, 1.82) is 0 Å². The first-order chi connectivity index (χ1) is 9.60. The first kappa shape index (κ1) is 14.2. The summed E-state index contributed by atoms with van der Waals surface area (Å²) in [4.78, 5) is 14.3. The maximum absolute atomic E-state index is 10.9. The molecule has 0 fully saturated rings. The fourth-order valence-corrected chi connectivity index (χ4v) is 1.98. The molecule has 1 aromatic heterocycles. The highest BCUT2D eigenvalue weighted by Gasteiger charge is 2.17. The summed E-state index contributed by atoms with van der Waals surface area (Å²) >= 11 is 3.34. The molecule has 0 bridgehead atoms. The number of nitrogens with one attached hydrogen (secondary N) is 1. The van der Waals surface area contributed by atoms with Crippen molar-refractivity contribution in [2.75, 3.05) is 5.43 Å². The second-order valence-corrected chi connectivity index (χ2v) is 4.76. The van der Waals surface area contributed by atoms with Gasteiger partial charge in [-0.3, -0.25) is 10.1 Å². The Morgan fingerprint density at radius 1 is 1.40 bits per heavy atom. The zero-order valence-corrected chi connectivity index (χ0v) is 11.8. The minimum atomic E-state index is -0.552. The number of benzene rings is 1. The van der Waals surface area contributed by atoms with Crippen molar-refractivity contribution in [1.82, 2.24) is 4.98 Å². The number of aromatic nitrogens is 1. The van der Waals surface area contributed by atoms with E-state index in [1.807, 2.05) is 24.3 Å². The predicted octanol–water partition coefficient (Wildman–Crippen LogP) is 2.62. The topological polar surface area (TPSA) is 103 Å². The molecular weight excluding hydrogens is 328 g/mol. The molecule has 0 atom stereocenters. The minimum absolute atomic E-state index is 0.0783. The van der Waals surface area contributed by atoms with Crippen LogP contribution in [0, 0.1) is 10.1 Å². The number of nitrogen functional groups attached to an aromatic ring is 1. The molecule has 1 heterocycles. The molecule has 0 radical (unpaired) electrons. The number of ether oxygens (including phenoxy) is 1. The standard InChI is InChI=1S/C12H11BrN4O3/c13-9-3-1-2-8(6-9)7-20-12-10(17(18)19)4-5-11(15-12)16-14/h1-6H,7,14H2,(H,15,16). The summed E-state index contributed by atoms with van der Waals surface area (Å²) in [6.45, 7) is 0.168. The largest absolute Gasteiger partial charge is 0.468 e. The molecule has 0 aliphatic heterocycles. The van der Waals surface area contributed by atoms with E-state index in [1.54, 1.807) is 0 Å². The molecule has 0 spiro atoms. The van der Waals surface area contributed by atoms with Gasteiger partial charge >= 0.3 is 5.69 Å². The van der Waals surface area contributed by atoms with E-state index >= 15 is 0 Å². The maximum atomic E-state index is 10.9. The lowest BCUT2D eigenvalue weighted by Gasteiger charge is -2.07. The van der Waals surface area contributed by atoms with E-state index in [0.29, 0.717) is 5.82 Å². The normalized spacial score (nSPS) is 10.1. The van der Waals surface area contributed by atoms with Crippen molar-refractivity contribution in [2.45, 2.75) is 6.61 Å². The molecule has 2 rings (SSSR count). The van der Waals surface area contributed by atoms with E-state index in [1.165, 1.54) is 12.1 Å². The summed E-state index contributed by atoms with van der Waals surface area (Å²) in [5.74, 6) is 5.44. The van der Waals surface area contributed by atoms with Gasteiger partial charge in [0.1, 0.15) is 12.4 Å². The molecule has 0 saturated carbocycles. The van der Waals surface area contributed by atoms with Crippen LogP contribution in [0.2, 0.25) is 0 Å². The Morgan fingerprint density at radius 3 is 2.85 bits per heavy atom. The number of hydrazine groups is 1. The summed E-state index contributed by atoms with van der Waals surface area (Å²) in [6, 6.07) is 10.1. The van der Waals surface area contributed by atoms with Crippen LogP contribution in [-0.4, -0.2) is 9.91 Å². The van der Waals surface area contributed by atoms with Gasteiger partial charge in [0.15, 0.2) is 0 Å². The van der Waals surface area contributed by atoms with Crippen LogP contribution < -0.4 is 16.0 Å². The van der Waals surface area contributed by atoms with Gasteiger partial charge in [-0.15, -0.1) is 0 Å². The highest BCUT2D eigenvalue weighted by atomic mass is 79.9. The van der Waals surface area contributed by atoms with Gasteiger partial charge in [-0.25, -0.2) is 5.84 Å². The molecule has 0 unspecified atom stereocenters. The zero-order chi connectivity index (χ0) is 14.5. The van der Waals surface area contributed by atoms with E-state index in [0.717, 1.165) is 10.0 Å². The summed E-state index contributed by atoms with van der Waals surface area (Å²) in [5.41, 5.74) is 2.97. The lowest BCUT2D eigenvalue weighted by Crippen LogP contribution is -2.10. The maximum Gasteiger partial charge on any atom is 0.331 e. The molecule has 104 valence electrons. The second-order valence-electron chi connectivity index (χ2n) is 3.84. The van der Waals surface area contributed by atoms with Crippen molar-refractivity contribution in [3.63, 3.8) is 0 Å². The van der Waals surface area contributed by atoms with Gasteiger partial charge in [-0.2, -0.15) is 4.98 Å². The SMILES string of the molecule is NNc1ccc([N+](=O)[O-])c(OCc2cccc(Br)c2)n1. The highest BCUT2D eigenvalue weighted by Crippen LogP contribution is 2.27. The van der Waals surface area contributed by atoms with Crippen LogP contribution in [0.3, 0.4) is 0 Å². The molecule has 0 aliphatic carbocycles. The van der Waals surface area contributed by atoms with Gasteiger partial charge in [-0.05, 0) is 23.8 Å². The predicted molar refractivity (Wildman–Crippen MR) is 77.2 cm³/mol. The summed E-state index contributed by atoms with van der Waals surface area (Å²) in [6.07, 6.45) is 0. The lowest BCUT2D eigenvalue weighted by atomic mass is 10.2. The monoisotopic (exact) mass is 338 g/mol. The molecule has 7 nitrogen and oxygen atoms in total. The second kappa shape index (κ2) is 6.31. The lowest BCUT2D eigenvalue weighted by molar-refractivity contribution is -0.386. The summed E-state index contributed by atoms with van der Waals surface area (Å²) in [5, 5.41) is 10.9. The number of rotatable bonds is 5. The van der Waals surface area contributed by atoms with Gasteiger partial charge in [0, 0.05) is 10.5 Å². The van der Waals surface area contributed by atoms with Crippen LogP contribution in [0.15, 0.2) is 40.9 Å². The first-order valence-corrected chi connectivity index (χ1v) is 6.39. The number of hydrogen-bond donors (Lipinski definition) is 2. The molecule has 2 aromatic rings. The number of anilines is 1. The molecule has 1 aromatic carbocycles. The van der Waals surface area contributed by atoms with E-state index in [4.69, 9.17) is 10.6 Å². The van der Waals surface area contributed by atoms with E-state index in [9.17, 15) is 10.1 Å². The third kappa shape index (κ3) is 3.43. The average molecular weight is 339 g/mol. The Hall–Kier alpha value is -2.19. The summed E-state index contributed by atoms with van der Waals surface area (Å²) in [7, 11) is 0. The fourth-order valence-electron chi connectivity index (χ4n) is 1.54. The molecule has 0 aliphatic rings. The fraction of sp³-hybridized carbons (Fsp3) is 0.0833. The van der Waals surface area contributed by atoms with Gasteiger partial charge in [0.05, 0.1) is 4.92 Å². The quantitative estimate of drug-likeness (QED) is 0.493.